The maximum absolute atomic E-state index is 6.10. The Hall–Kier alpha value is -1.82. The summed E-state index contributed by atoms with van der Waals surface area (Å²) in [6, 6.07) is 7.81. The maximum Gasteiger partial charge on any atom is 0.137 e. The SMILES string of the molecule is Clc1ncccc1-c1cnc(CNCc2cccnc2)s1. The number of rotatable bonds is 5. The minimum absolute atomic E-state index is 0.510. The summed E-state index contributed by atoms with van der Waals surface area (Å²) in [6.45, 7) is 1.49. The van der Waals surface area contributed by atoms with Crippen LogP contribution in [0.2, 0.25) is 5.15 Å². The largest absolute Gasteiger partial charge is 0.306 e. The first-order valence-electron chi connectivity index (χ1n) is 6.48. The van der Waals surface area contributed by atoms with Gasteiger partial charge in [0.2, 0.25) is 0 Å². The molecular formula is C15H13ClN4S. The summed E-state index contributed by atoms with van der Waals surface area (Å²) < 4.78 is 0. The molecule has 21 heavy (non-hydrogen) atoms. The minimum atomic E-state index is 0.510. The fourth-order valence-electron chi connectivity index (χ4n) is 1.90. The Morgan fingerprint density at radius 2 is 1.95 bits per heavy atom. The average molecular weight is 317 g/mol. The molecular weight excluding hydrogens is 304 g/mol. The van der Waals surface area contributed by atoms with E-state index in [1.54, 1.807) is 23.7 Å². The lowest BCUT2D eigenvalue weighted by atomic mass is 10.2. The highest BCUT2D eigenvalue weighted by molar-refractivity contribution is 7.15. The molecule has 3 heterocycles. The van der Waals surface area contributed by atoms with E-state index >= 15 is 0 Å². The molecule has 3 aromatic heterocycles. The minimum Gasteiger partial charge on any atom is -0.306 e. The van der Waals surface area contributed by atoms with Crippen LogP contribution in [0.4, 0.5) is 0 Å². The monoisotopic (exact) mass is 316 g/mol. The molecule has 0 atom stereocenters. The zero-order chi connectivity index (χ0) is 14.5. The van der Waals surface area contributed by atoms with Crippen LogP contribution in [-0.4, -0.2) is 15.0 Å². The fraction of sp³-hybridized carbons (Fsp3) is 0.133. The van der Waals surface area contributed by atoms with Crippen molar-refractivity contribution in [1.29, 1.82) is 0 Å². The molecule has 0 saturated heterocycles. The molecule has 106 valence electrons. The molecule has 0 bridgehead atoms. The van der Waals surface area contributed by atoms with E-state index in [9.17, 15) is 0 Å². The van der Waals surface area contributed by atoms with Crippen LogP contribution in [0.3, 0.4) is 0 Å². The van der Waals surface area contributed by atoms with Crippen molar-refractivity contribution >= 4 is 22.9 Å². The summed E-state index contributed by atoms with van der Waals surface area (Å²) in [7, 11) is 0. The van der Waals surface area contributed by atoms with Crippen LogP contribution >= 0.6 is 22.9 Å². The molecule has 0 aromatic carbocycles. The van der Waals surface area contributed by atoms with Crippen LogP contribution in [-0.2, 0) is 13.1 Å². The summed E-state index contributed by atoms with van der Waals surface area (Å²) in [5.41, 5.74) is 2.08. The predicted molar refractivity (Wildman–Crippen MR) is 85.1 cm³/mol. The molecule has 0 fully saturated rings. The first-order valence-corrected chi connectivity index (χ1v) is 7.67. The third kappa shape index (κ3) is 3.64. The van der Waals surface area contributed by atoms with Gasteiger partial charge < -0.3 is 5.32 Å². The summed E-state index contributed by atoms with van der Waals surface area (Å²) >= 11 is 7.72. The highest BCUT2D eigenvalue weighted by Crippen LogP contribution is 2.30. The molecule has 4 nitrogen and oxygen atoms in total. The Bertz CT molecular complexity index is 714. The second-order valence-electron chi connectivity index (χ2n) is 4.42. The second-order valence-corrected chi connectivity index (χ2v) is 5.90. The number of hydrogen-bond acceptors (Lipinski definition) is 5. The number of pyridine rings is 2. The van der Waals surface area contributed by atoms with Crippen molar-refractivity contribution in [1.82, 2.24) is 20.3 Å². The fourth-order valence-corrected chi connectivity index (χ4v) is 3.09. The Balaban J connectivity index is 1.62. The van der Waals surface area contributed by atoms with Crippen molar-refractivity contribution in [2.45, 2.75) is 13.1 Å². The maximum atomic E-state index is 6.10. The third-order valence-corrected chi connectivity index (χ3v) is 4.24. The normalized spacial score (nSPS) is 10.7. The van der Waals surface area contributed by atoms with E-state index in [1.165, 1.54) is 0 Å². The molecule has 6 heteroatoms. The van der Waals surface area contributed by atoms with Gasteiger partial charge >= 0.3 is 0 Å². The standard InChI is InChI=1S/C15H13ClN4S/c16-15-12(4-2-6-19-15)13-9-20-14(21-13)10-18-8-11-3-1-5-17-7-11/h1-7,9,18H,8,10H2. The van der Waals surface area contributed by atoms with Crippen molar-refractivity contribution in [3.8, 4) is 10.4 Å². The van der Waals surface area contributed by atoms with Gasteiger partial charge in [0.15, 0.2) is 0 Å². The quantitative estimate of drug-likeness (QED) is 0.731. The van der Waals surface area contributed by atoms with Crippen molar-refractivity contribution in [3.05, 3.63) is 64.8 Å². The average Bonchev–Trinajstić information content (AvgIpc) is 2.97. The van der Waals surface area contributed by atoms with Crippen molar-refractivity contribution in [3.63, 3.8) is 0 Å². The summed E-state index contributed by atoms with van der Waals surface area (Å²) in [5.74, 6) is 0. The lowest BCUT2D eigenvalue weighted by molar-refractivity contribution is 0.688. The third-order valence-electron chi connectivity index (χ3n) is 2.91. The smallest absolute Gasteiger partial charge is 0.137 e. The number of hydrogen-bond donors (Lipinski definition) is 1. The Morgan fingerprint density at radius 1 is 1.05 bits per heavy atom. The lowest BCUT2D eigenvalue weighted by Gasteiger charge is -2.01. The van der Waals surface area contributed by atoms with Crippen LogP contribution in [0.5, 0.6) is 0 Å². The van der Waals surface area contributed by atoms with Gasteiger partial charge in [-0.2, -0.15) is 0 Å². The van der Waals surface area contributed by atoms with Gasteiger partial charge in [0, 0.05) is 43.4 Å². The molecule has 3 rings (SSSR count). The van der Waals surface area contributed by atoms with Crippen LogP contribution < -0.4 is 5.32 Å². The van der Waals surface area contributed by atoms with Crippen molar-refractivity contribution < 1.29 is 0 Å². The van der Waals surface area contributed by atoms with Crippen LogP contribution in [0.15, 0.2) is 49.1 Å². The van der Waals surface area contributed by atoms with Crippen molar-refractivity contribution in [2.24, 2.45) is 0 Å². The Kier molecular flexibility index (Phi) is 4.55. The Morgan fingerprint density at radius 3 is 2.76 bits per heavy atom. The lowest BCUT2D eigenvalue weighted by Crippen LogP contribution is -2.12. The van der Waals surface area contributed by atoms with Gasteiger partial charge in [-0.15, -0.1) is 11.3 Å². The zero-order valence-electron chi connectivity index (χ0n) is 11.2. The van der Waals surface area contributed by atoms with Gasteiger partial charge in [0.1, 0.15) is 10.2 Å². The van der Waals surface area contributed by atoms with E-state index in [0.29, 0.717) is 5.15 Å². The molecule has 1 N–H and O–H groups in total. The summed E-state index contributed by atoms with van der Waals surface area (Å²) in [4.78, 5) is 13.6. The molecule has 0 spiro atoms. The molecule has 0 amide bonds. The number of nitrogens with one attached hydrogen (secondary N) is 1. The number of halogens is 1. The highest BCUT2D eigenvalue weighted by atomic mass is 35.5. The van der Waals surface area contributed by atoms with E-state index in [-0.39, 0.29) is 0 Å². The van der Waals surface area contributed by atoms with Gasteiger partial charge in [-0.1, -0.05) is 17.7 Å². The Labute approximate surface area is 131 Å². The first-order chi connectivity index (χ1) is 10.3. The van der Waals surface area contributed by atoms with Gasteiger partial charge in [-0.25, -0.2) is 9.97 Å². The topological polar surface area (TPSA) is 50.7 Å². The van der Waals surface area contributed by atoms with Crippen LogP contribution in [0.25, 0.3) is 10.4 Å². The van der Waals surface area contributed by atoms with E-state index in [2.05, 4.69) is 20.3 Å². The summed E-state index contributed by atoms with van der Waals surface area (Å²) in [6.07, 6.45) is 7.15. The van der Waals surface area contributed by atoms with Crippen LogP contribution in [0.1, 0.15) is 10.6 Å². The predicted octanol–water partition coefficient (Wildman–Crippen LogP) is 3.54. The van der Waals surface area contributed by atoms with E-state index < -0.39 is 0 Å². The molecule has 0 unspecified atom stereocenters. The summed E-state index contributed by atoms with van der Waals surface area (Å²) in [5, 5.41) is 4.89. The first kappa shape index (κ1) is 14.1. The number of aromatic nitrogens is 3. The van der Waals surface area contributed by atoms with E-state index in [4.69, 9.17) is 11.6 Å². The van der Waals surface area contributed by atoms with E-state index in [1.807, 2.05) is 36.7 Å². The van der Waals surface area contributed by atoms with Crippen molar-refractivity contribution in [2.75, 3.05) is 0 Å². The number of thiazole rings is 1. The molecule has 0 saturated carbocycles. The van der Waals surface area contributed by atoms with Gasteiger partial charge in [-0.3, -0.25) is 4.98 Å². The molecule has 0 aliphatic heterocycles. The van der Waals surface area contributed by atoms with E-state index in [0.717, 1.165) is 34.1 Å². The number of nitrogens with zero attached hydrogens (tertiary/aromatic N) is 3. The van der Waals surface area contributed by atoms with Gasteiger partial charge in [0.25, 0.3) is 0 Å². The van der Waals surface area contributed by atoms with Gasteiger partial charge in [0.05, 0.1) is 4.88 Å². The molecule has 0 radical (unpaired) electrons. The van der Waals surface area contributed by atoms with Gasteiger partial charge in [-0.05, 0) is 23.8 Å². The highest BCUT2D eigenvalue weighted by Gasteiger charge is 2.08. The second kappa shape index (κ2) is 6.76. The zero-order valence-corrected chi connectivity index (χ0v) is 12.7. The molecule has 0 aliphatic carbocycles. The molecule has 3 aromatic rings. The van der Waals surface area contributed by atoms with Crippen LogP contribution in [0, 0.1) is 0 Å². The molecule has 0 aliphatic rings.